The van der Waals surface area contributed by atoms with E-state index in [4.69, 9.17) is 17.3 Å². The SMILES string of the molecule is N[C@@H]1CN(c2ccnc(Cl)c2)CC12CCN(c1ncc(I)c3nccn13)CC2. The van der Waals surface area contributed by atoms with Gasteiger partial charge in [-0.25, -0.2) is 15.0 Å². The Hall–Kier alpha value is -1.65. The fourth-order valence-electron chi connectivity index (χ4n) is 4.57. The van der Waals surface area contributed by atoms with Crippen molar-refractivity contribution in [1.29, 1.82) is 0 Å². The third kappa shape index (κ3) is 3.02. The predicted molar refractivity (Wildman–Crippen MR) is 119 cm³/mol. The van der Waals surface area contributed by atoms with Crippen molar-refractivity contribution >= 4 is 51.5 Å². The second kappa shape index (κ2) is 7.00. The van der Waals surface area contributed by atoms with E-state index in [0.717, 1.165) is 59.9 Å². The zero-order chi connectivity index (χ0) is 19.3. The van der Waals surface area contributed by atoms with Crippen LogP contribution in [0.25, 0.3) is 5.65 Å². The second-order valence-corrected chi connectivity index (χ2v) is 9.25. The summed E-state index contributed by atoms with van der Waals surface area (Å²) >= 11 is 8.36. The van der Waals surface area contributed by atoms with Crippen LogP contribution in [0, 0.1) is 8.99 Å². The van der Waals surface area contributed by atoms with Crippen molar-refractivity contribution in [3.63, 3.8) is 0 Å². The summed E-state index contributed by atoms with van der Waals surface area (Å²) in [5.41, 5.74) is 8.84. The number of hydrogen-bond acceptors (Lipinski definition) is 6. The second-order valence-electron chi connectivity index (χ2n) is 7.70. The van der Waals surface area contributed by atoms with E-state index in [1.54, 1.807) is 6.20 Å². The van der Waals surface area contributed by atoms with E-state index >= 15 is 0 Å². The van der Waals surface area contributed by atoms with Crippen LogP contribution in [-0.2, 0) is 0 Å². The molecule has 1 atom stereocenters. The van der Waals surface area contributed by atoms with Crippen LogP contribution in [0.15, 0.2) is 36.9 Å². The summed E-state index contributed by atoms with van der Waals surface area (Å²) in [7, 11) is 0. The van der Waals surface area contributed by atoms with Gasteiger partial charge in [-0.15, -0.1) is 0 Å². The Morgan fingerprint density at radius 1 is 1.14 bits per heavy atom. The average molecular weight is 510 g/mol. The fourth-order valence-corrected chi connectivity index (χ4v) is 5.28. The van der Waals surface area contributed by atoms with Gasteiger partial charge in [0.1, 0.15) is 5.15 Å². The average Bonchev–Trinajstić information content (AvgIpc) is 3.30. The summed E-state index contributed by atoms with van der Waals surface area (Å²) in [4.78, 5) is 17.9. The number of nitrogens with two attached hydrogens (primary N) is 1. The molecule has 5 heterocycles. The van der Waals surface area contributed by atoms with Crippen LogP contribution in [0.3, 0.4) is 0 Å². The lowest BCUT2D eigenvalue weighted by Crippen LogP contribution is -2.49. The summed E-state index contributed by atoms with van der Waals surface area (Å²) in [5.74, 6) is 0.965. The summed E-state index contributed by atoms with van der Waals surface area (Å²) in [5, 5.41) is 0.524. The molecule has 0 saturated carbocycles. The van der Waals surface area contributed by atoms with Crippen molar-refractivity contribution in [1.82, 2.24) is 19.4 Å². The maximum Gasteiger partial charge on any atom is 0.211 e. The quantitative estimate of drug-likeness (QED) is 0.423. The molecule has 0 unspecified atom stereocenters. The Labute approximate surface area is 182 Å². The smallest absolute Gasteiger partial charge is 0.211 e. The van der Waals surface area contributed by atoms with Gasteiger partial charge in [0.05, 0.1) is 3.57 Å². The highest BCUT2D eigenvalue weighted by Gasteiger charge is 2.46. The molecule has 2 fully saturated rings. The molecule has 2 aliphatic rings. The molecule has 5 rings (SSSR count). The minimum absolute atomic E-state index is 0.128. The lowest BCUT2D eigenvalue weighted by molar-refractivity contribution is 0.220. The maximum absolute atomic E-state index is 6.65. The van der Waals surface area contributed by atoms with Crippen LogP contribution in [0.5, 0.6) is 0 Å². The number of nitrogens with zero attached hydrogens (tertiary/aromatic N) is 6. The number of imidazole rings is 1. The molecular formula is C19H21ClIN7. The number of aromatic nitrogens is 4. The van der Waals surface area contributed by atoms with Crippen LogP contribution in [0.1, 0.15) is 12.8 Å². The van der Waals surface area contributed by atoms with E-state index in [0.29, 0.717) is 5.15 Å². The highest BCUT2D eigenvalue weighted by Crippen LogP contribution is 2.42. The van der Waals surface area contributed by atoms with Crippen LogP contribution in [0.4, 0.5) is 11.6 Å². The molecular weight excluding hydrogens is 489 g/mol. The molecule has 0 radical (unpaired) electrons. The third-order valence-corrected chi connectivity index (χ3v) is 7.16. The van der Waals surface area contributed by atoms with Gasteiger partial charge < -0.3 is 15.5 Å². The van der Waals surface area contributed by atoms with Gasteiger partial charge in [0.25, 0.3) is 0 Å². The summed E-state index contributed by atoms with van der Waals surface area (Å²) < 4.78 is 3.14. The van der Waals surface area contributed by atoms with Gasteiger partial charge in [-0.2, -0.15) is 0 Å². The van der Waals surface area contributed by atoms with Crippen LogP contribution in [-0.4, -0.2) is 51.6 Å². The molecule has 7 nitrogen and oxygen atoms in total. The Balaban J connectivity index is 1.35. The summed E-state index contributed by atoms with van der Waals surface area (Å²) in [6, 6.07) is 4.09. The van der Waals surface area contributed by atoms with E-state index in [9.17, 15) is 0 Å². The standard InChI is InChI=1S/C19H21ClIN7/c20-16-9-13(1-4-23-16)27-11-15(22)19(12-27)2-6-26(7-3-19)18-25-10-14(21)17-24-5-8-28(17)18/h1,4-5,8-10,15H,2-3,6-7,11-12,22H2/t15-/m1/s1. The van der Waals surface area contributed by atoms with E-state index in [-0.39, 0.29) is 11.5 Å². The number of pyridine rings is 1. The molecule has 0 amide bonds. The molecule has 2 aliphatic heterocycles. The molecule has 9 heteroatoms. The van der Waals surface area contributed by atoms with Crippen molar-refractivity contribution in [2.45, 2.75) is 18.9 Å². The molecule has 1 spiro atoms. The first-order valence-corrected chi connectivity index (χ1v) is 10.9. The Bertz CT molecular complexity index is 1010. The largest absolute Gasteiger partial charge is 0.369 e. The van der Waals surface area contributed by atoms with Crippen LogP contribution in [0.2, 0.25) is 5.15 Å². The first kappa shape index (κ1) is 18.4. The van der Waals surface area contributed by atoms with Crippen molar-refractivity contribution in [2.24, 2.45) is 11.1 Å². The molecule has 0 bridgehead atoms. The van der Waals surface area contributed by atoms with Crippen molar-refractivity contribution in [3.8, 4) is 0 Å². The zero-order valence-electron chi connectivity index (χ0n) is 15.3. The van der Waals surface area contributed by atoms with Crippen LogP contribution >= 0.6 is 34.2 Å². The van der Waals surface area contributed by atoms with Gasteiger partial charge in [0.2, 0.25) is 5.95 Å². The predicted octanol–water partition coefficient (Wildman–Crippen LogP) is 2.82. The van der Waals surface area contributed by atoms with Crippen molar-refractivity contribution in [2.75, 3.05) is 36.0 Å². The van der Waals surface area contributed by atoms with E-state index in [2.05, 4.69) is 51.7 Å². The summed E-state index contributed by atoms with van der Waals surface area (Å²) in [6.07, 6.45) is 9.58. The highest BCUT2D eigenvalue weighted by atomic mass is 127. The normalized spacial score (nSPS) is 21.8. The van der Waals surface area contributed by atoms with Gasteiger partial charge in [-0.1, -0.05) is 11.6 Å². The molecule has 2 saturated heterocycles. The molecule has 0 aromatic carbocycles. The fraction of sp³-hybridized carbons (Fsp3) is 0.421. The lowest BCUT2D eigenvalue weighted by Gasteiger charge is -2.41. The lowest BCUT2D eigenvalue weighted by atomic mass is 9.75. The third-order valence-electron chi connectivity index (χ3n) is 6.19. The molecule has 28 heavy (non-hydrogen) atoms. The molecule has 2 N–H and O–H groups in total. The molecule has 146 valence electrons. The highest BCUT2D eigenvalue weighted by molar-refractivity contribution is 14.1. The number of halogens is 2. The Morgan fingerprint density at radius 3 is 2.75 bits per heavy atom. The van der Waals surface area contributed by atoms with Crippen molar-refractivity contribution < 1.29 is 0 Å². The topological polar surface area (TPSA) is 75.6 Å². The van der Waals surface area contributed by atoms with Gasteiger partial charge in [0, 0.05) is 68.1 Å². The number of anilines is 2. The van der Waals surface area contributed by atoms with Gasteiger partial charge in [-0.05, 0) is 47.6 Å². The number of piperidine rings is 1. The zero-order valence-corrected chi connectivity index (χ0v) is 18.2. The van der Waals surface area contributed by atoms with Gasteiger partial charge in [-0.3, -0.25) is 4.40 Å². The minimum atomic E-state index is 0.128. The first-order chi connectivity index (χ1) is 13.6. The Kier molecular flexibility index (Phi) is 4.59. The van der Waals surface area contributed by atoms with E-state index < -0.39 is 0 Å². The van der Waals surface area contributed by atoms with Crippen molar-refractivity contribution in [3.05, 3.63) is 45.6 Å². The van der Waals surface area contributed by atoms with Gasteiger partial charge >= 0.3 is 0 Å². The number of hydrogen-bond donors (Lipinski definition) is 1. The first-order valence-electron chi connectivity index (χ1n) is 9.40. The Morgan fingerprint density at radius 2 is 1.96 bits per heavy atom. The number of rotatable bonds is 2. The monoisotopic (exact) mass is 509 g/mol. The molecule has 3 aromatic heterocycles. The minimum Gasteiger partial charge on any atom is -0.369 e. The maximum atomic E-state index is 6.65. The van der Waals surface area contributed by atoms with Crippen LogP contribution < -0.4 is 15.5 Å². The molecule has 3 aromatic rings. The summed E-state index contributed by atoms with van der Waals surface area (Å²) in [6.45, 7) is 3.70. The van der Waals surface area contributed by atoms with E-state index in [1.807, 2.05) is 30.7 Å². The number of fused-ring (bicyclic) bond motifs is 1. The van der Waals surface area contributed by atoms with E-state index in [1.165, 1.54) is 0 Å². The van der Waals surface area contributed by atoms with Gasteiger partial charge in [0.15, 0.2) is 5.65 Å². The molecule has 0 aliphatic carbocycles.